The van der Waals surface area contributed by atoms with E-state index in [4.69, 9.17) is 0 Å². The number of fused-ring (bicyclic) bond motifs is 1. The summed E-state index contributed by atoms with van der Waals surface area (Å²) in [5, 5.41) is 3.60. The SMILES string of the molecule is CCC(CC)N1CCc2cc(-c3cn(C)nc3C(F)(F)F)ccc21. The molecule has 3 nitrogen and oxygen atoms in total. The van der Waals surface area contributed by atoms with Gasteiger partial charge >= 0.3 is 6.18 Å². The highest BCUT2D eigenvalue weighted by Gasteiger charge is 2.37. The summed E-state index contributed by atoms with van der Waals surface area (Å²) < 4.78 is 40.8. The van der Waals surface area contributed by atoms with Crippen molar-refractivity contribution in [2.24, 2.45) is 7.05 Å². The Labute approximate surface area is 140 Å². The first-order valence-electron chi connectivity index (χ1n) is 8.35. The molecule has 0 unspecified atom stereocenters. The van der Waals surface area contributed by atoms with Crippen LogP contribution in [0.25, 0.3) is 11.1 Å². The van der Waals surface area contributed by atoms with Crippen molar-refractivity contribution < 1.29 is 13.2 Å². The van der Waals surface area contributed by atoms with Crippen LogP contribution in [0.1, 0.15) is 37.9 Å². The molecule has 6 heteroatoms. The van der Waals surface area contributed by atoms with Crippen LogP contribution in [-0.4, -0.2) is 22.4 Å². The van der Waals surface area contributed by atoms with Gasteiger partial charge < -0.3 is 4.90 Å². The largest absolute Gasteiger partial charge is 0.435 e. The van der Waals surface area contributed by atoms with Crippen LogP contribution in [-0.2, 0) is 19.6 Å². The number of anilines is 1. The van der Waals surface area contributed by atoms with Gasteiger partial charge in [0.1, 0.15) is 0 Å². The molecule has 1 aromatic heterocycles. The summed E-state index contributed by atoms with van der Waals surface area (Å²) >= 11 is 0. The lowest BCUT2D eigenvalue weighted by atomic mass is 10.0. The van der Waals surface area contributed by atoms with Crippen molar-refractivity contribution in [3.05, 3.63) is 35.7 Å². The third-order valence-electron chi connectivity index (χ3n) is 4.80. The first-order chi connectivity index (χ1) is 11.3. The zero-order valence-electron chi connectivity index (χ0n) is 14.2. The molecule has 3 rings (SSSR count). The smallest absolute Gasteiger partial charge is 0.368 e. The van der Waals surface area contributed by atoms with Crippen LogP contribution in [0.4, 0.5) is 18.9 Å². The van der Waals surface area contributed by atoms with Gasteiger partial charge in [-0.05, 0) is 42.5 Å². The van der Waals surface area contributed by atoms with Crippen LogP contribution in [0, 0.1) is 0 Å². The zero-order valence-corrected chi connectivity index (χ0v) is 14.2. The van der Waals surface area contributed by atoms with E-state index in [-0.39, 0.29) is 5.56 Å². The lowest BCUT2D eigenvalue weighted by Crippen LogP contribution is -2.32. The summed E-state index contributed by atoms with van der Waals surface area (Å²) in [6.07, 6.45) is 0.00758. The number of halogens is 3. The minimum absolute atomic E-state index is 0.147. The van der Waals surface area contributed by atoms with Crippen LogP contribution >= 0.6 is 0 Å². The van der Waals surface area contributed by atoms with Gasteiger partial charge in [0.2, 0.25) is 0 Å². The van der Waals surface area contributed by atoms with Gasteiger partial charge in [-0.1, -0.05) is 19.9 Å². The van der Waals surface area contributed by atoms with E-state index in [1.807, 2.05) is 12.1 Å². The van der Waals surface area contributed by atoms with E-state index in [9.17, 15) is 13.2 Å². The van der Waals surface area contributed by atoms with Gasteiger partial charge in [0.05, 0.1) is 0 Å². The minimum atomic E-state index is -4.45. The molecule has 24 heavy (non-hydrogen) atoms. The minimum Gasteiger partial charge on any atom is -0.368 e. The average Bonchev–Trinajstić information content (AvgIpc) is 3.12. The Bertz CT molecular complexity index is 730. The standard InChI is InChI=1S/C18H22F3N3/c1-4-14(5-2)24-9-8-13-10-12(6-7-16(13)24)15-11-23(3)22-17(15)18(19,20)21/h6-7,10-11,14H,4-5,8-9H2,1-3H3. The van der Waals surface area contributed by atoms with E-state index < -0.39 is 11.9 Å². The van der Waals surface area contributed by atoms with Gasteiger partial charge in [0, 0.05) is 37.1 Å². The van der Waals surface area contributed by atoms with Crippen molar-refractivity contribution in [2.75, 3.05) is 11.4 Å². The van der Waals surface area contributed by atoms with Crippen LogP contribution in [0.2, 0.25) is 0 Å². The van der Waals surface area contributed by atoms with Crippen LogP contribution in [0.5, 0.6) is 0 Å². The Morgan fingerprint density at radius 2 is 1.92 bits per heavy atom. The summed E-state index contributed by atoms with van der Waals surface area (Å²) in [5.41, 5.74) is 2.19. The topological polar surface area (TPSA) is 21.1 Å². The second kappa shape index (κ2) is 6.15. The lowest BCUT2D eigenvalue weighted by Gasteiger charge is -2.28. The number of aromatic nitrogens is 2. The van der Waals surface area contributed by atoms with Gasteiger partial charge in [-0.25, -0.2) is 0 Å². The van der Waals surface area contributed by atoms with E-state index in [1.54, 1.807) is 6.07 Å². The molecule has 1 aliphatic heterocycles. The van der Waals surface area contributed by atoms with Crippen molar-refractivity contribution in [1.82, 2.24) is 9.78 Å². The fourth-order valence-electron chi connectivity index (χ4n) is 3.61. The molecule has 0 amide bonds. The summed E-state index contributed by atoms with van der Waals surface area (Å²) in [4.78, 5) is 2.38. The molecule has 1 aliphatic rings. The molecule has 0 aliphatic carbocycles. The Kier molecular flexibility index (Phi) is 4.32. The highest BCUT2D eigenvalue weighted by Crippen LogP contribution is 2.39. The van der Waals surface area contributed by atoms with E-state index in [0.717, 1.165) is 37.1 Å². The maximum absolute atomic E-state index is 13.2. The molecule has 0 N–H and O–H groups in total. The molecule has 1 aromatic carbocycles. The van der Waals surface area contributed by atoms with Crippen LogP contribution in [0.3, 0.4) is 0 Å². The predicted molar refractivity (Wildman–Crippen MR) is 89.1 cm³/mol. The summed E-state index contributed by atoms with van der Waals surface area (Å²) in [6.45, 7) is 5.28. The quantitative estimate of drug-likeness (QED) is 0.809. The molecule has 0 bridgehead atoms. The molecule has 2 aromatic rings. The van der Waals surface area contributed by atoms with Crippen molar-refractivity contribution in [3.63, 3.8) is 0 Å². The summed E-state index contributed by atoms with van der Waals surface area (Å²) in [6, 6.07) is 6.13. The van der Waals surface area contributed by atoms with Crippen molar-refractivity contribution in [3.8, 4) is 11.1 Å². The third-order valence-corrected chi connectivity index (χ3v) is 4.80. The highest BCUT2D eigenvalue weighted by molar-refractivity contribution is 5.72. The fraction of sp³-hybridized carbons (Fsp3) is 0.500. The van der Waals surface area contributed by atoms with E-state index in [2.05, 4.69) is 23.8 Å². The molecular formula is C18H22F3N3. The first kappa shape index (κ1) is 16.9. The normalized spacial score (nSPS) is 14.5. The lowest BCUT2D eigenvalue weighted by molar-refractivity contribution is -0.140. The summed E-state index contributed by atoms with van der Waals surface area (Å²) in [5.74, 6) is 0. The first-order valence-corrected chi connectivity index (χ1v) is 8.35. The van der Waals surface area contributed by atoms with E-state index >= 15 is 0 Å². The molecule has 0 fully saturated rings. The van der Waals surface area contributed by atoms with Gasteiger partial charge in [-0.2, -0.15) is 18.3 Å². The van der Waals surface area contributed by atoms with Gasteiger partial charge in [-0.3, -0.25) is 4.68 Å². The van der Waals surface area contributed by atoms with Crippen LogP contribution < -0.4 is 4.90 Å². The third kappa shape index (κ3) is 2.89. The molecule has 0 atom stereocenters. The Balaban J connectivity index is 2.00. The van der Waals surface area contributed by atoms with Gasteiger partial charge in [0.25, 0.3) is 0 Å². The van der Waals surface area contributed by atoms with Gasteiger partial charge in [-0.15, -0.1) is 0 Å². The number of alkyl halides is 3. The fourth-order valence-corrected chi connectivity index (χ4v) is 3.61. The maximum Gasteiger partial charge on any atom is 0.435 e. The monoisotopic (exact) mass is 337 g/mol. The molecular weight excluding hydrogens is 315 g/mol. The highest BCUT2D eigenvalue weighted by atomic mass is 19.4. The average molecular weight is 337 g/mol. The van der Waals surface area contributed by atoms with E-state index in [0.29, 0.717) is 11.6 Å². The number of aryl methyl sites for hydroxylation is 1. The second-order valence-electron chi connectivity index (χ2n) is 6.32. The molecule has 2 heterocycles. The predicted octanol–water partition coefficient (Wildman–Crippen LogP) is 4.66. The Morgan fingerprint density at radius 3 is 2.54 bits per heavy atom. The Hall–Kier alpha value is -1.98. The molecule has 0 radical (unpaired) electrons. The number of rotatable bonds is 4. The summed E-state index contributed by atoms with van der Waals surface area (Å²) in [7, 11) is 1.51. The van der Waals surface area contributed by atoms with Crippen molar-refractivity contribution >= 4 is 5.69 Å². The van der Waals surface area contributed by atoms with Crippen LogP contribution in [0.15, 0.2) is 24.4 Å². The van der Waals surface area contributed by atoms with Gasteiger partial charge in [0.15, 0.2) is 5.69 Å². The maximum atomic E-state index is 13.2. The second-order valence-corrected chi connectivity index (χ2v) is 6.32. The number of benzene rings is 1. The van der Waals surface area contributed by atoms with Crippen molar-refractivity contribution in [2.45, 2.75) is 45.3 Å². The number of hydrogen-bond acceptors (Lipinski definition) is 2. The van der Waals surface area contributed by atoms with E-state index in [1.165, 1.54) is 17.9 Å². The zero-order chi connectivity index (χ0) is 17.5. The molecule has 0 saturated heterocycles. The molecule has 130 valence electrons. The number of nitrogens with zero attached hydrogens (tertiary/aromatic N) is 3. The number of hydrogen-bond donors (Lipinski definition) is 0. The Morgan fingerprint density at radius 1 is 1.21 bits per heavy atom. The molecule has 0 spiro atoms. The van der Waals surface area contributed by atoms with Crippen molar-refractivity contribution in [1.29, 1.82) is 0 Å². The molecule has 0 saturated carbocycles.